The zero-order valence-corrected chi connectivity index (χ0v) is 13.9. The van der Waals surface area contributed by atoms with Crippen molar-refractivity contribution in [1.29, 1.82) is 0 Å². The van der Waals surface area contributed by atoms with Gasteiger partial charge in [-0.05, 0) is 47.0 Å². The second-order valence-electron chi connectivity index (χ2n) is 4.73. The summed E-state index contributed by atoms with van der Waals surface area (Å²) in [4.78, 5) is 12.2. The number of carbonyl (C=O) groups is 1. The number of benzene rings is 1. The lowest BCUT2D eigenvalue weighted by molar-refractivity contribution is 0.0932. The molecule has 106 valence electrons. The van der Waals surface area contributed by atoms with E-state index in [0.29, 0.717) is 10.6 Å². The Kier molecular flexibility index (Phi) is 7.47. The standard InChI is InChI=1S/C15H21BrClNO/c1-3-5-7-12(6-4-2)18-15(19)11-8-9-14(17)13(16)10-11/h8-10,12H,3-7H2,1-2H3,(H,18,19). The van der Waals surface area contributed by atoms with Gasteiger partial charge in [0.2, 0.25) is 0 Å². The third-order valence-electron chi connectivity index (χ3n) is 3.06. The summed E-state index contributed by atoms with van der Waals surface area (Å²) in [7, 11) is 0. The molecule has 2 nitrogen and oxygen atoms in total. The van der Waals surface area contributed by atoms with Crippen molar-refractivity contribution in [2.45, 2.75) is 52.0 Å². The molecule has 1 aromatic rings. The number of carbonyl (C=O) groups excluding carboxylic acids is 1. The molecule has 1 unspecified atom stereocenters. The lowest BCUT2D eigenvalue weighted by Crippen LogP contribution is -2.34. The van der Waals surface area contributed by atoms with Gasteiger partial charge in [0.1, 0.15) is 0 Å². The summed E-state index contributed by atoms with van der Waals surface area (Å²) in [5.74, 6) is -0.0214. The first-order valence-corrected chi connectivity index (χ1v) is 8.01. The van der Waals surface area contributed by atoms with Gasteiger partial charge in [-0.3, -0.25) is 4.79 Å². The van der Waals surface area contributed by atoms with E-state index in [1.165, 1.54) is 0 Å². The molecule has 4 heteroatoms. The molecule has 1 atom stereocenters. The normalized spacial score (nSPS) is 12.2. The number of amides is 1. The molecule has 0 spiro atoms. The molecule has 1 rings (SSSR count). The molecule has 0 radical (unpaired) electrons. The molecule has 0 bridgehead atoms. The molecular formula is C15H21BrClNO. The van der Waals surface area contributed by atoms with Crippen LogP contribution in [0.4, 0.5) is 0 Å². The maximum atomic E-state index is 12.2. The van der Waals surface area contributed by atoms with Gasteiger partial charge in [0.25, 0.3) is 5.91 Å². The van der Waals surface area contributed by atoms with Crippen LogP contribution in [0.2, 0.25) is 5.02 Å². The summed E-state index contributed by atoms with van der Waals surface area (Å²) in [6.07, 6.45) is 5.46. The highest BCUT2D eigenvalue weighted by Gasteiger charge is 2.13. The average Bonchev–Trinajstić information content (AvgIpc) is 2.39. The van der Waals surface area contributed by atoms with Crippen LogP contribution in [0, 0.1) is 0 Å². The number of unbranched alkanes of at least 4 members (excludes halogenated alkanes) is 1. The Hall–Kier alpha value is -0.540. The second kappa shape index (κ2) is 8.60. The van der Waals surface area contributed by atoms with Crippen LogP contribution in [0.15, 0.2) is 22.7 Å². The topological polar surface area (TPSA) is 29.1 Å². The van der Waals surface area contributed by atoms with Gasteiger partial charge in [0, 0.05) is 16.1 Å². The molecule has 1 N–H and O–H groups in total. The average molecular weight is 347 g/mol. The summed E-state index contributed by atoms with van der Waals surface area (Å²) >= 11 is 9.27. The van der Waals surface area contributed by atoms with E-state index in [1.807, 2.05) is 0 Å². The number of nitrogens with one attached hydrogen (secondary N) is 1. The molecule has 0 aliphatic carbocycles. The van der Waals surface area contributed by atoms with Crippen LogP contribution in [-0.4, -0.2) is 11.9 Å². The van der Waals surface area contributed by atoms with Crippen LogP contribution in [0.3, 0.4) is 0 Å². The predicted octanol–water partition coefficient (Wildman–Crippen LogP) is 5.19. The number of rotatable bonds is 7. The van der Waals surface area contributed by atoms with Crippen molar-refractivity contribution >= 4 is 33.4 Å². The number of halogens is 2. The number of hydrogen-bond donors (Lipinski definition) is 1. The summed E-state index contributed by atoms with van der Waals surface area (Å²) in [6.45, 7) is 4.31. The van der Waals surface area contributed by atoms with Crippen LogP contribution < -0.4 is 5.32 Å². The third-order valence-corrected chi connectivity index (χ3v) is 4.27. The Balaban J connectivity index is 2.66. The Morgan fingerprint density at radius 3 is 2.63 bits per heavy atom. The monoisotopic (exact) mass is 345 g/mol. The van der Waals surface area contributed by atoms with E-state index < -0.39 is 0 Å². The maximum absolute atomic E-state index is 12.2. The minimum Gasteiger partial charge on any atom is -0.349 e. The van der Waals surface area contributed by atoms with Gasteiger partial charge < -0.3 is 5.32 Å². The molecule has 0 saturated carbocycles. The van der Waals surface area contributed by atoms with Crippen LogP contribution in [0.1, 0.15) is 56.3 Å². The summed E-state index contributed by atoms with van der Waals surface area (Å²) < 4.78 is 0.752. The first-order chi connectivity index (χ1) is 9.08. The van der Waals surface area contributed by atoms with Crippen LogP contribution in [0.5, 0.6) is 0 Å². The summed E-state index contributed by atoms with van der Waals surface area (Å²) in [5.41, 5.74) is 0.647. The Morgan fingerprint density at radius 2 is 2.05 bits per heavy atom. The van der Waals surface area contributed by atoms with Crippen molar-refractivity contribution in [3.63, 3.8) is 0 Å². The molecule has 0 aromatic heterocycles. The van der Waals surface area contributed by atoms with Gasteiger partial charge >= 0.3 is 0 Å². The zero-order chi connectivity index (χ0) is 14.3. The second-order valence-corrected chi connectivity index (χ2v) is 5.99. The van der Waals surface area contributed by atoms with Crippen LogP contribution in [-0.2, 0) is 0 Å². The van der Waals surface area contributed by atoms with Gasteiger partial charge in [-0.2, -0.15) is 0 Å². The summed E-state index contributed by atoms with van der Waals surface area (Å²) in [5, 5.41) is 3.73. The lowest BCUT2D eigenvalue weighted by atomic mass is 10.0. The Bertz CT molecular complexity index is 423. The van der Waals surface area contributed by atoms with Gasteiger partial charge in [-0.25, -0.2) is 0 Å². The molecule has 1 amide bonds. The molecule has 1 aromatic carbocycles. The molecular weight excluding hydrogens is 326 g/mol. The van der Waals surface area contributed by atoms with E-state index in [4.69, 9.17) is 11.6 Å². The Labute approximate surface area is 129 Å². The van der Waals surface area contributed by atoms with Crippen molar-refractivity contribution in [3.05, 3.63) is 33.3 Å². The fourth-order valence-electron chi connectivity index (χ4n) is 1.99. The quantitative estimate of drug-likeness (QED) is 0.723. The molecule has 19 heavy (non-hydrogen) atoms. The molecule has 0 aliphatic rings. The first kappa shape index (κ1) is 16.5. The highest BCUT2D eigenvalue weighted by molar-refractivity contribution is 9.10. The van der Waals surface area contributed by atoms with Gasteiger partial charge in [-0.1, -0.05) is 44.7 Å². The molecule has 0 saturated heterocycles. The number of hydrogen-bond acceptors (Lipinski definition) is 1. The highest BCUT2D eigenvalue weighted by Crippen LogP contribution is 2.23. The van der Waals surface area contributed by atoms with Gasteiger partial charge in [-0.15, -0.1) is 0 Å². The van der Waals surface area contributed by atoms with Crippen LogP contribution >= 0.6 is 27.5 Å². The molecule has 0 fully saturated rings. The minimum absolute atomic E-state index is 0.0214. The fraction of sp³-hybridized carbons (Fsp3) is 0.533. The van der Waals surface area contributed by atoms with E-state index in [9.17, 15) is 4.79 Å². The van der Waals surface area contributed by atoms with E-state index >= 15 is 0 Å². The van der Waals surface area contributed by atoms with E-state index in [-0.39, 0.29) is 11.9 Å². The zero-order valence-electron chi connectivity index (χ0n) is 11.5. The highest BCUT2D eigenvalue weighted by atomic mass is 79.9. The van der Waals surface area contributed by atoms with Crippen molar-refractivity contribution in [3.8, 4) is 0 Å². The Morgan fingerprint density at radius 1 is 1.32 bits per heavy atom. The van der Waals surface area contributed by atoms with Crippen molar-refractivity contribution in [2.75, 3.05) is 0 Å². The first-order valence-electron chi connectivity index (χ1n) is 6.84. The lowest BCUT2D eigenvalue weighted by Gasteiger charge is -2.18. The SMILES string of the molecule is CCCCC(CCC)NC(=O)c1ccc(Cl)c(Br)c1. The van der Waals surface area contributed by atoms with E-state index in [0.717, 1.165) is 36.6 Å². The van der Waals surface area contributed by atoms with E-state index in [1.54, 1.807) is 18.2 Å². The van der Waals surface area contributed by atoms with Crippen LogP contribution in [0.25, 0.3) is 0 Å². The van der Waals surface area contributed by atoms with E-state index in [2.05, 4.69) is 35.1 Å². The third kappa shape index (κ3) is 5.53. The van der Waals surface area contributed by atoms with Gasteiger partial charge in [0.05, 0.1) is 5.02 Å². The maximum Gasteiger partial charge on any atom is 0.251 e. The fourth-order valence-corrected chi connectivity index (χ4v) is 2.49. The largest absolute Gasteiger partial charge is 0.349 e. The molecule has 0 heterocycles. The predicted molar refractivity (Wildman–Crippen MR) is 84.8 cm³/mol. The van der Waals surface area contributed by atoms with Crippen molar-refractivity contribution in [1.82, 2.24) is 5.32 Å². The van der Waals surface area contributed by atoms with Gasteiger partial charge in [0.15, 0.2) is 0 Å². The van der Waals surface area contributed by atoms with Crippen molar-refractivity contribution < 1.29 is 4.79 Å². The minimum atomic E-state index is -0.0214. The van der Waals surface area contributed by atoms with Crippen molar-refractivity contribution in [2.24, 2.45) is 0 Å². The molecule has 0 aliphatic heterocycles. The smallest absolute Gasteiger partial charge is 0.251 e. The summed E-state index contributed by atoms with van der Waals surface area (Å²) in [6, 6.07) is 5.53.